The summed E-state index contributed by atoms with van der Waals surface area (Å²) in [5, 5.41) is 22.9. The SMILES string of the molecule is CCN(CC)CC.CCl.CO.COC(=O)c1cccnc1N.COC(=O)c1cccnc1NC(=O)c1cccc(Cl)c1.Clc1cccc(-c2nc(Cl)c3cccnc3n2)c1.Clc1cccc(-c2nc(Nc3ccncc3)c3cccnc3n2)c1.Nc1ccncc1.Nc1ncccc1C(=O)O.O=C(Cl)c1cccc(Cl)c1.O=P(Cl)(Cl)Cl.O=S(Cl)Cl.O=c1[nH]c(-c2cccc(Cl)c2)nc2ncccc12. The monoisotopic (exact) mass is 2170 g/mol. The number of rotatable bonds is 14. The van der Waals surface area contributed by atoms with E-state index in [9.17, 15) is 33.3 Å². The van der Waals surface area contributed by atoms with Crippen LogP contribution in [0.15, 0.2) is 285 Å². The van der Waals surface area contributed by atoms with Gasteiger partial charge in [0.25, 0.3) is 16.7 Å². The summed E-state index contributed by atoms with van der Waals surface area (Å²) in [5.74, 6) is 0.146. The number of carbonyl (C=O) groups is 5. The summed E-state index contributed by atoms with van der Waals surface area (Å²) in [7, 11) is 10.9. The predicted molar refractivity (Wildman–Crippen MR) is 558 cm³/mol. The molecule has 16 aromatic rings. The summed E-state index contributed by atoms with van der Waals surface area (Å²) in [6, 6.07) is 62.2. The Bertz CT molecular complexity index is 6700. The summed E-state index contributed by atoms with van der Waals surface area (Å²) in [6.07, 6.45) is 17.7. The van der Waals surface area contributed by atoms with Crippen LogP contribution in [-0.4, -0.2) is 166 Å². The summed E-state index contributed by atoms with van der Waals surface area (Å²) in [4.78, 5) is 126. The molecule has 0 saturated heterocycles. The molecule has 11 N–H and O–H groups in total. The fraction of sp³-hybridized carbons (Fsp3) is 0.110. The van der Waals surface area contributed by atoms with Crippen LogP contribution in [0.25, 0.3) is 67.3 Å². The van der Waals surface area contributed by atoms with E-state index in [4.69, 9.17) is 113 Å². The van der Waals surface area contributed by atoms with Gasteiger partial charge in [0.1, 0.15) is 50.9 Å². The number of pyridine rings is 8. The zero-order valence-electron chi connectivity index (χ0n) is 73.4. The number of nitrogens with one attached hydrogen (secondary N) is 3. The molecule has 0 fully saturated rings. The van der Waals surface area contributed by atoms with Crippen molar-refractivity contribution < 1.29 is 52.4 Å². The lowest BCUT2D eigenvalue weighted by molar-refractivity contribution is 0.0592. The molecule has 0 aliphatic heterocycles. The number of aromatic carboxylic acids is 1. The third-order valence-electron chi connectivity index (χ3n) is 16.5. The van der Waals surface area contributed by atoms with E-state index < -0.39 is 43.5 Å². The second-order valence-corrected chi connectivity index (χ2v) is 37.5. The molecule has 11 aromatic heterocycles. The summed E-state index contributed by atoms with van der Waals surface area (Å²) in [6.45, 7) is 10.1. The van der Waals surface area contributed by atoms with Crippen molar-refractivity contribution in [1.29, 1.82) is 0 Å². The Balaban J connectivity index is 0.000000326. The van der Waals surface area contributed by atoms with Crippen LogP contribution in [0.2, 0.25) is 30.3 Å². The number of methoxy groups -OCH3 is 2. The second-order valence-electron chi connectivity index (χ2n) is 25.5. The first kappa shape index (κ1) is 118. The number of nitrogens with two attached hydrogens (primary N) is 3. The van der Waals surface area contributed by atoms with Gasteiger partial charge in [0, 0.05) is 161 Å². The summed E-state index contributed by atoms with van der Waals surface area (Å²) < 4.78 is 27.7. The molecule has 0 unspecified atom stereocenters. The lowest BCUT2D eigenvalue weighted by Gasteiger charge is -2.13. The first-order valence-electron chi connectivity index (χ1n) is 39.2. The van der Waals surface area contributed by atoms with Crippen molar-refractivity contribution >= 4 is 259 Å². The molecule has 5 aromatic carbocycles. The van der Waals surface area contributed by atoms with Crippen LogP contribution in [0.3, 0.4) is 0 Å². The highest BCUT2D eigenvalue weighted by molar-refractivity contribution is 8.26. The fourth-order valence-corrected chi connectivity index (χ4v) is 11.6. The van der Waals surface area contributed by atoms with Gasteiger partial charge in [0.05, 0.1) is 30.4 Å². The molecule has 16 rings (SSSR count). The van der Waals surface area contributed by atoms with Gasteiger partial charge in [-0.1, -0.05) is 139 Å². The zero-order valence-corrected chi connectivity index (χ0v) is 85.0. The maximum atomic E-state index is 12.1. The number of aromatic amines is 1. The minimum Gasteiger partial charge on any atom is -0.478 e. The Morgan fingerprint density at radius 1 is 0.457 bits per heavy atom. The second kappa shape index (κ2) is 64.9. The molecule has 1 amide bonds. The molecule has 722 valence electrons. The number of aliphatic hydroxyl groups excluding tert-OH is 1. The molecule has 0 aliphatic rings. The lowest BCUT2D eigenvalue weighted by atomic mass is 10.2. The van der Waals surface area contributed by atoms with Gasteiger partial charge < -0.3 is 57.4 Å². The number of esters is 2. The molecule has 138 heavy (non-hydrogen) atoms. The van der Waals surface area contributed by atoms with E-state index in [0.29, 0.717) is 92.6 Å². The van der Waals surface area contributed by atoms with Crippen LogP contribution in [0, 0.1) is 0 Å². The molecule has 0 atom stereocenters. The van der Waals surface area contributed by atoms with E-state index in [0.717, 1.165) is 45.9 Å². The number of carboxylic acids is 1. The minimum atomic E-state index is -3.22. The van der Waals surface area contributed by atoms with Gasteiger partial charge in [-0.3, -0.25) is 28.9 Å². The van der Waals surface area contributed by atoms with E-state index in [2.05, 4.69) is 182 Å². The first-order valence-corrected chi connectivity index (χ1v) is 49.8. The van der Waals surface area contributed by atoms with E-state index >= 15 is 0 Å². The van der Waals surface area contributed by atoms with Crippen LogP contribution in [0.5, 0.6) is 0 Å². The smallest absolute Gasteiger partial charge is 0.341 e. The van der Waals surface area contributed by atoms with Crippen LogP contribution < -0.4 is 33.4 Å². The Morgan fingerprint density at radius 3 is 1.25 bits per heavy atom. The lowest BCUT2D eigenvalue weighted by Crippen LogP contribution is -2.21. The highest BCUT2D eigenvalue weighted by Gasteiger charge is 2.18. The molecule has 0 aliphatic carbocycles. The van der Waals surface area contributed by atoms with E-state index in [-0.39, 0.29) is 34.1 Å². The molecule has 0 radical (unpaired) electrons. The average Bonchev–Trinajstić information content (AvgIpc) is 0.814. The molecular weight excluding hydrogens is 2090 g/mol. The Hall–Kier alpha value is -12.1. The number of alkyl halides is 1. The number of carboxylic acid groups (broad SMARTS) is 1. The number of amides is 1. The number of hydrogen-bond acceptors (Lipinski definition) is 29. The van der Waals surface area contributed by atoms with Crippen molar-refractivity contribution in [3.63, 3.8) is 0 Å². The van der Waals surface area contributed by atoms with Crippen LogP contribution >= 0.6 is 153 Å². The zero-order chi connectivity index (χ0) is 102. The van der Waals surface area contributed by atoms with Gasteiger partial charge >= 0.3 is 23.1 Å². The highest BCUT2D eigenvalue weighted by atomic mass is 36.0. The van der Waals surface area contributed by atoms with Gasteiger partial charge in [-0.25, -0.2) is 73.4 Å². The number of nitrogens with zero attached hydrogens (tertiary/aromatic N) is 14. The predicted octanol–water partition coefficient (Wildman–Crippen LogP) is 23.8. The summed E-state index contributed by atoms with van der Waals surface area (Å²) in [5.41, 5.74) is 22.8. The largest absolute Gasteiger partial charge is 0.478 e. The maximum absolute atomic E-state index is 12.1. The average molecular weight is 2170 g/mol. The standard InChI is InChI=1S/C18H12ClN5.C14H11ClN2O3.C13H7Cl2N3.C13H8ClN3O.C7H4Cl2O.C7H8N2O2.C6H6N2O2.C6H15N.C5H6N2.CH3Cl.CH4O.Cl3OP.Cl2OS/c19-13-4-1-3-12(11-13)16-23-17-15(5-2-8-21-17)18(24-16)22-14-6-9-20-10-7-14;1-20-14(19)11-6-3-7-16-12(11)17-13(18)9-4-2-5-10(15)8-9;14-9-4-1-3-8(7-9)12-17-11(15)10-5-2-6-16-13(10)18-12;14-9-4-1-3-8(7-9)11-16-12-10(13(18)17-11)5-2-6-15-12;8-6-3-1-2-5(4-6)7(9)10;1-11-7(10)5-3-2-4-9-6(5)8;7-5-4(6(9)10)2-1-3-8-5;1-4-7(5-2)6-3;6-5-1-3-7-4-2-5;2*1-2;1-5(2,3)4;1-4(2)3/h1-11H,(H,20,21,22,23,24);2-8H,1H3,(H,16,17,18);1-7H;1-7H,(H,15,16,17,18);1-4H;2-4H,1H3,(H2,8,9);1-3H,(H2,7,8)(H,9,10);4-6H2,1-3H3;1-4H,(H2,6,7);1H3;2H,1H3;;. The molecule has 32 nitrogen and oxygen atoms in total. The van der Waals surface area contributed by atoms with E-state index in [1.165, 1.54) is 89.2 Å². The number of ether oxygens (including phenoxy) is 2. The number of aromatic nitrogens is 14. The Kier molecular flexibility index (Phi) is 55.6. The number of benzene rings is 5. The van der Waals surface area contributed by atoms with E-state index in [1.807, 2.05) is 72.8 Å². The van der Waals surface area contributed by atoms with Crippen LogP contribution in [-0.2, 0) is 23.3 Å². The maximum Gasteiger partial charge on any atom is 0.341 e. The number of hydrogen-bond donors (Lipinski definition) is 8. The van der Waals surface area contributed by atoms with Gasteiger partial charge in [-0.15, -0.1) is 11.6 Å². The van der Waals surface area contributed by atoms with Crippen molar-refractivity contribution in [3.8, 4) is 34.2 Å². The molecule has 0 bridgehead atoms. The normalized spacial score (nSPS) is 9.91. The van der Waals surface area contributed by atoms with E-state index in [1.54, 1.807) is 159 Å². The van der Waals surface area contributed by atoms with Crippen molar-refractivity contribution in [2.75, 3.05) is 75.2 Å². The number of fused-ring (bicyclic) bond motifs is 3. The van der Waals surface area contributed by atoms with Gasteiger partial charge in [-0.05, 0) is 235 Å². The van der Waals surface area contributed by atoms with Gasteiger partial charge in [0.15, 0.2) is 28.6 Å². The third-order valence-corrected chi connectivity index (χ3v) is 18.2. The van der Waals surface area contributed by atoms with Crippen molar-refractivity contribution in [2.45, 2.75) is 20.8 Å². The minimum absolute atomic E-state index is 0.0440. The number of carbonyl (C=O) groups excluding carboxylic acids is 4. The molecule has 0 saturated carbocycles. The number of halogens is 13. The van der Waals surface area contributed by atoms with Crippen molar-refractivity contribution in [3.05, 3.63) is 349 Å². The van der Waals surface area contributed by atoms with Crippen molar-refractivity contribution in [2.24, 2.45) is 0 Å². The number of nitrogen functional groups attached to an aromatic ring is 3. The number of anilines is 6. The highest BCUT2D eigenvalue weighted by Crippen LogP contribution is 2.61. The Morgan fingerprint density at radius 2 is 0.833 bits per heavy atom. The molecule has 47 heteroatoms. The molecule has 0 spiro atoms. The number of H-pyrrole nitrogens is 1. The summed E-state index contributed by atoms with van der Waals surface area (Å²) >= 11 is 59.2. The molecular formula is C91H84Cl13N20O12PS. The van der Waals surface area contributed by atoms with Gasteiger partial charge in [-0.2, -0.15) is 0 Å². The first-order chi connectivity index (χ1) is 66.0. The van der Waals surface area contributed by atoms with Crippen LogP contribution in [0.1, 0.15) is 72.6 Å². The fourth-order valence-electron chi connectivity index (χ4n) is 10.3. The van der Waals surface area contributed by atoms with Gasteiger partial charge in [0.2, 0.25) is 9.23 Å². The Labute approximate surface area is 857 Å². The third kappa shape index (κ3) is 44.2. The van der Waals surface area contributed by atoms with Crippen LogP contribution in [0.4, 0.5) is 34.6 Å². The topological polar surface area (TPSA) is 484 Å². The quantitative estimate of drug-likeness (QED) is 0.0165. The van der Waals surface area contributed by atoms with Crippen molar-refractivity contribution in [1.82, 2.24) is 74.7 Å². The molecule has 11 heterocycles. The number of aliphatic hydroxyl groups is 1.